The minimum Gasteiger partial charge on any atom is -0.274 e. The summed E-state index contributed by atoms with van der Waals surface area (Å²) >= 11 is 0. The smallest absolute Gasteiger partial charge is 0.261 e. The lowest BCUT2D eigenvalue weighted by Crippen LogP contribution is -2.33. The molecule has 1 heterocycles. The Labute approximate surface area is 143 Å². The average molecular weight is 323 g/mol. The van der Waals surface area contributed by atoms with Crippen molar-refractivity contribution in [3.63, 3.8) is 0 Å². The molecule has 0 radical (unpaired) electrons. The molecule has 0 N–H and O–H groups in total. The zero-order valence-electron chi connectivity index (χ0n) is 14.1. The van der Waals surface area contributed by atoms with Crippen LogP contribution in [0.4, 0.5) is 0 Å². The van der Waals surface area contributed by atoms with Gasteiger partial charge in [-0.1, -0.05) is 12.1 Å². The summed E-state index contributed by atoms with van der Waals surface area (Å²) in [6.45, 7) is 0.609. The monoisotopic (exact) mass is 323 g/mol. The number of fused-ring (bicyclic) bond motifs is 3. The van der Waals surface area contributed by atoms with Gasteiger partial charge in [-0.15, -0.1) is 0 Å². The Morgan fingerprint density at radius 1 is 0.833 bits per heavy atom. The molecule has 3 unspecified atom stereocenters. The Balaban J connectivity index is 1.29. The highest BCUT2D eigenvalue weighted by Crippen LogP contribution is 2.56. The molecule has 2 amide bonds. The van der Waals surface area contributed by atoms with Gasteiger partial charge >= 0.3 is 0 Å². The Bertz CT molecular complexity index is 654. The van der Waals surface area contributed by atoms with Gasteiger partial charge in [0.1, 0.15) is 0 Å². The van der Waals surface area contributed by atoms with Gasteiger partial charge in [0.15, 0.2) is 0 Å². The molecule has 4 aliphatic carbocycles. The summed E-state index contributed by atoms with van der Waals surface area (Å²) < 4.78 is 0. The van der Waals surface area contributed by atoms with Gasteiger partial charge in [0.2, 0.25) is 0 Å². The van der Waals surface area contributed by atoms with E-state index in [0.717, 1.165) is 36.0 Å². The molecule has 0 saturated heterocycles. The largest absolute Gasteiger partial charge is 0.274 e. The molecular weight excluding hydrogens is 298 g/mol. The first-order valence-corrected chi connectivity index (χ1v) is 9.67. The molecule has 6 rings (SSSR count). The number of nitrogens with zero attached hydrogens (tertiary/aromatic N) is 1. The van der Waals surface area contributed by atoms with E-state index in [1.807, 2.05) is 12.1 Å². The van der Waals surface area contributed by atoms with E-state index in [2.05, 4.69) is 0 Å². The molecule has 3 heteroatoms. The number of imide groups is 1. The van der Waals surface area contributed by atoms with Gasteiger partial charge < -0.3 is 0 Å². The molecule has 1 aromatic carbocycles. The molecular formula is C21H25NO2. The fourth-order valence-corrected chi connectivity index (χ4v) is 6.28. The predicted molar refractivity (Wildman–Crippen MR) is 91.6 cm³/mol. The molecule has 4 fully saturated rings. The van der Waals surface area contributed by atoms with Crippen LogP contribution >= 0.6 is 0 Å². The van der Waals surface area contributed by atoms with Crippen molar-refractivity contribution >= 4 is 11.8 Å². The molecule has 1 aliphatic heterocycles. The SMILES string of the molecule is O=C1c2ccccc2C(=O)N1CCC1CC2CC1C1CCC2CC1. The number of carbonyl (C=O) groups excluding carboxylic acids is 2. The van der Waals surface area contributed by atoms with Crippen molar-refractivity contribution in [3.8, 4) is 0 Å². The summed E-state index contributed by atoms with van der Waals surface area (Å²) in [5, 5.41) is 0. The minimum absolute atomic E-state index is 0.0877. The third-order valence-corrected chi connectivity index (χ3v) is 7.48. The Morgan fingerprint density at radius 3 is 2.12 bits per heavy atom. The van der Waals surface area contributed by atoms with E-state index in [1.54, 1.807) is 12.1 Å². The second-order valence-electron chi connectivity index (χ2n) is 8.43. The highest BCUT2D eigenvalue weighted by Gasteiger charge is 2.47. The fraction of sp³-hybridized carbons (Fsp3) is 0.619. The normalized spacial score (nSPS) is 37.0. The standard InChI is InChI=1S/C21H25NO2/c23-20-17-3-1-2-4-18(17)21(24)22(20)10-9-15-11-16-12-19(15)14-7-5-13(16)6-8-14/h1-4,13-16,19H,5-12H2. The molecule has 126 valence electrons. The van der Waals surface area contributed by atoms with Crippen LogP contribution in [0.3, 0.4) is 0 Å². The number of rotatable bonds is 3. The topological polar surface area (TPSA) is 37.4 Å². The summed E-state index contributed by atoms with van der Waals surface area (Å²) in [6.07, 6.45) is 9.53. The van der Waals surface area contributed by atoms with Crippen molar-refractivity contribution in [1.82, 2.24) is 4.90 Å². The average Bonchev–Trinajstić information content (AvgIpc) is 3.01. The zero-order valence-corrected chi connectivity index (χ0v) is 14.1. The number of carbonyl (C=O) groups is 2. The second kappa shape index (κ2) is 5.44. The first kappa shape index (κ1) is 14.7. The Hall–Kier alpha value is -1.64. The van der Waals surface area contributed by atoms with E-state index in [0.29, 0.717) is 17.7 Å². The quantitative estimate of drug-likeness (QED) is 0.784. The summed E-state index contributed by atoms with van der Waals surface area (Å²) in [7, 11) is 0. The number of hydrogen-bond acceptors (Lipinski definition) is 2. The highest BCUT2D eigenvalue weighted by atomic mass is 16.2. The van der Waals surface area contributed by atoms with E-state index < -0.39 is 0 Å². The molecule has 4 saturated carbocycles. The second-order valence-corrected chi connectivity index (χ2v) is 8.43. The molecule has 3 nitrogen and oxygen atoms in total. The molecule has 3 atom stereocenters. The summed E-state index contributed by atoms with van der Waals surface area (Å²) in [5.74, 6) is 4.22. The number of amides is 2. The van der Waals surface area contributed by atoms with Gasteiger partial charge in [-0.2, -0.15) is 0 Å². The zero-order chi connectivity index (χ0) is 16.3. The van der Waals surface area contributed by atoms with Gasteiger partial charge in [-0.05, 0) is 86.7 Å². The Morgan fingerprint density at radius 2 is 1.46 bits per heavy atom. The van der Waals surface area contributed by atoms with Crippen LogP contribution in [-0.2, 0) is 0 Å². The van der Waals surface area contributed by atoms with Crippen LogP contribution in [0.1, 0.15) is 65.7 Å². The van der Waals surface area contributed by atoms with Crippen LogP contribution in [-0.4, -0.2) is 23.3 Å². The molecule has 24 heavy (non-hydrogen) atoms. The van der Waals surface area contributed by atoms with Crippen LogP contribution in [0.2, 0.25) is 0 Å². The third-order valence-electron chi connectivity index (χ3n) is 7.48. The fourth-order valence-electron chi connectivity index (χ4n) is 6.28. The van der Waals surface area contributed by atoms with Crippen LogP contribution in [0.15, 0.2) is 24.3 Å². The first-order valence-electron chi connectivity index (χ1n) is 9.67. The van der Waals surface area contributed by atoms with Crippen molar-refractivity contribution in [2.45, 2.75) is 44.9 Å². The van der Waals surface area contributed by atoms with Gasteiger partial charge in [0.05, 0.1) is 11.1 Å². The van der Waals surface area contributed by atoms with Crippen molar-refractivity contribution in [2.24, 2.45) is 29.6 Å². The maximum Gasteiger partial charge on any atom is 0.261 e. The minimum atomic E-state index is -0.0877. The van der Waals surface area contributed by atoms with Crippen molar-refractivity contribution in [1.29, 1.82) is 0 Å². The van der Waals surface area contributed by atoms with Gasteiger partial charge in [0.25, 0.3) is 11.8 Å². The lowest BCUT2D eigenvalue weighted by molar-refractivity contribution is 0.0632. The van der Waals surface area contributed by atoms with Crippen LogP contribution in [0.5, 0.6) is 0 Å². The van der Waals surface area contributed by atoms with E-state index in [-0.39, 0.29) is 11.8 Å². The van der Waals surface area contributed by atoms with Crippen molar-refractivity contribution in [3.05, 3.63) is 35.4 Å². The van der Waals surface area contributed by atoms with Gasteiger partial charge in [0, 0.05) is 6.54 Å². The summed E-state index contributed by atoms with van der Waals surface area (Å²) in [5.41, 5.74) is 1.17. The summed E-state index contributed by atoms with van der Waals surface area (Å²) in [4.78, 5) is 26.6. The molecule has 1 aromatic rings. The third kappa shape index (κ3) is 2.09. The molecule has 0 aromatic heterocycles. The van der Waals surface area contributed by atoms with E-state index in [4.69, 9.17) is 0 Å². The van der Waals surface area contributed by atoms with Crippen molar-refractivity contribution in [2.75, 3.05) is 6.54 Å². The predicted octanol–water partition coefficient (Wildman–Crippen LogP) is 4.14. The van der Waals surface area contributed by atoms with Gasteiger partial charge in [-0.25, -0.2) is 0 Å². The maximum absolute atomic E-state index is 12.5. The molecule has 5 aliphatic rings. The van der Waals surface area contributed by atoms with Gasteiger partial charge in [-0.3, -0.25) is 14.5 Å². The Kier molecular flexibility index (Phi) is 3.33. The first-order chi connectivity index (χ1) is 11.7. The van der Waals surface area contributed by atoms with E-state index >= 15 is 0 Å². The van der Waals surface area contributed by atoms with Crippen LogP contribution < -0.4 is 0 Å². The number of benzene rings is 1. The van der Waals surface area contributed by atoms with E-state index in [9.17, 15) is 9.59 Å². The number of hydrogen-bond donors (Lipinski definition) is 0. The lowest BCUT2D eigenvalue weighted by atomic mass is 9.71. The molecule has 4 bridgehead atoms. The summed E-state index contributed by atoms with van der Waals surface area (Å²) in [6, 6.07) is 7.24. The van der Waals surface area contributed by atoms with Crippen LogP contribution in [0, 0.1) is 29.6 Å². The van der Waals surface area contributed by atoms with Crippen LogP contribution in [0.25, 0.3) is 0 Å². The van der Waals surface area contributed by atoms with E-state index in [1.165, 1.54) is 43.4 Å². The lowest BCUT2D eigenvalue weighted by Gasteiger charge is -2.35. The molecule has 0 spiro atoms. The van der Waals surface area contributed by atoms with Crippen molar-refractivity contribution < 1.29 is 9.59 Å². The maximum atomic E-state index is 12.5. The highest BCUT2D eigenvalue weighted by molar-refractivity contribution is 6.21.